The molecule has 0 aromatic heterocycles. The molecule has 1 aromatic carbocycles. The molecule has 0 saturated carbocycles. The molecule has 0 N–H and O–H groups in total. The number of carbonyl (C=O) groups excluding carboxylic acids is 2. The summed E-state index contributed by atoms with van der Waals surface area (Å²) < 4.78 is 20.7. The molecule has 0 unspecified atom stereocenters. The summed E-state index contributed by atoms with van der Waals surface area (Å²) in [5, 5.41) is 0. The minimum atomic E-state index is -1.06. The monoisotopic (exact) mass is 350 g/mol. The van der Waals surface area contributed by atoms with Crippen LogP contribution in [0, 0.1) is 5.92 Å². The normalized spacial score (nSPS) is 14.7. The molecule has 0 heterocycles. The maximum absolute atomic E-state index is 11.6. The summed E-state index contributed by atoms with van der Waals surface area (Å²) in [6.45, 7) is 4.06. The van der Waals surface area contributed by atoms with Crippen molar-refractivity contribution in [2.45, 2.75) is 32.7 Å². The number of hydrogen-bond donors (Lipinski definition) is 0. The first-order valence-electron chi connectivity index (χ1n) is 8.05. The highest BCUT2D eigenvalue weighted by Gasteiger charge is 2.21. The Kier molecular flexibility index (Phi) is 9.50. The molecular weight excluding hydrogens is 324 g/mol. The van der Waals surface area contributed by atoms with Crippen LogP contribution in [-0.4, -0.2) is 45.0 Å². The molecule has 25 heavy (non-hydrogen) atoms. The van der Waals surface area contributed by atoms with Crippen LogP contribution in [0.15, 0.2) is 42.5 Å². The van der Waals surface area contributed by atoms with E-state index < -0.39 is 18.0 Å². The summed E-state index contributed by atoms with van der Waals surface area (Å²) in [7, 11) is 2.84. The Labute approximate surface area is 148 Å². The van der Waals surface area contributed by atoms with Crippen molar-refractivity contribution < 1.29 is 28.5 Å². The van der Waals surface area contributed by atoms with Crippen LogP contribution >= 0.6 is 0 Å². The molecule has 3 atom stereocenters. The van der Waals surface area contributed by atoms with Crippen LogP contribution in [0.25, 0.3) is 0 Å². The standard InChI is InChI=1S/C19H26O6/c1-14(10-11-17(19(21)23-4)25-15(2)20)18(22-3)13-24-12-16-8-6-5-7-9-16/h5-11,14,17-18H,12-13H2,1-4H3/b11-10+/t14-,17+,18-/m0/s1. The van der Waals surface area contributed by atoms with Crippen molar-refractivity contribution >= 4 is 11.9 Å². The van der Waals surface area contributed by atoms with E-state index in [2.05, 4.69) is 4.74 Å². The van der Waals surface area contributed by atoms with Gasteiger partial charge in [-0.15, -0.1) is 0 Å². The van der Waals surface area contributed by atoms with E-state index in [1.807, 2.05) is 37.3 Å². The van der Waals surface area contributed by atoms with Crippen molar-refractivity contribution in [3.8, 4) is 0 Å². The van der Waals surface area contributed by atoms with E-state index in [9.17, 15) is 9.59 Å². The zero-order valence-corrected chi connectivity index (χ0v) is 15.1. The summed E-state index contributed by atoms with van der Waals surface area (Å²) in [4.78, 5) is 22.7. The molecule has 0 spiro atoms. The van der Waals surface area contributed by atoms with Gasteiger partial charge in [-0.3, -0.25) is 4.79 Å². The average molecular weight is 350 g/mol. The van der Waals surface area contributed by atoms with E-state index in [1.54, 1.807) is 13.2 Å². The van der Waals surface area contributed by atoms with Crippen molar-refractivity contribution in [2.75, 3.05) is 20.8 Å². The second kappa shape index (κ2) is 11.4. The summed E-state index contributed by atoms with van der Waals surface area (Å²) in [5.41, 5.74) is 1.08. The first-order chi connectivity index (χ1) is 12.0. The van der Waals surface area contributed by atoms with Crippen LogP contribution in [0.1, 0.15) is 19.4 Å². The summed E-state index contributed by atoms with van der Waals surface area (Å²) in [6.07, 6.45) is 1.99. The Bertz CT molecular complexity index is 554. The van der Waals surface area contributed by atoms with E-state index in [1.165, 1.54) is 20.1 Å². The quantitative estimate of drug-likeness (QED) is 0.477. The second-order valence-electron chi connectivity index (χ2n) is 5.57. The molecular formula is C19H26O6. The lowest BCUT2D eigenvalue weighted by atomic mass is 10.0. The van der Waals surface area contributed by atoms with Gasteiger partial charge in [0.25, 0.3) is 0 Å². The van der Waals surface area contributed by atoms with Gasteiger partial charge in [-0.25, -0.2) is 4.79 Å². The molecule has 0 amide bonds. The zero-order valence-electron chi connectivity index (χ0n) is 15.1. The first-order valence-corrected chi connectivity index (χ1v) is 8.05. The average Bonchev–Trinajstić information content (AvgIpc) is 2.61. The Morgan fingerprint density at radius 2 is 1.80 bits per heavy atom. The van der Waals surface area contributed by atoms with Crippen molar-refractivity contribution in [3.63, 3.8) is 0 Å². The fraction of sp³-hybridized carbons (Fsp3) is 0.474. The Morgan fingerprint density at radius 1 is 1.12 bits per heavy atom. The third-order valence-electron chi connectivity index (χ3n) is 3.60. The number of methoxy groups -OCH3 is 2. The summed E-state index contributed by atoms with van der Waals surface area (Å²) in [5.74, 6) is -1.24. The molecule has 6 nitrogen and oxygen atoms in total. The highest BCUT2D eigenvalue weighted by molar-refractivity contribution is 5.80. The smallest absolute Gasteiger partial charge is 0.351 e. The third kappa shape index (κ3) is 7.96. The molecule has 0 bridgehead atoms. The maximum Gasteiger partial charge on any atom is 0.351 e. The highest BCUT2D eigenvalue weighted by Crippen LogP contribution is 2.12. The van der Waals surface area contributed by atoms with Crippen LogP contribution in [0.4, 0.5) is 0 Å². The molecule has 0 aliphatic heterocycles. The predicted molar refractivity (Wildman–Crippen MR) is 92.8 cm³/mol. The number of benzene rings is 1. The zero-order chi connectivity index (χ0) is 18.7. The largest absolute Gasteiger partial charge is 0.466 e. The van der Waals surface area contributed by atoms with Crippen molar-refractivity contribution in [2.24, 2.45) is 5.92 Å². The number of esters is 2. The molecule has 0 aliphatic rings. The Balaban J connectivity index is 2.56. The Hall–Kier alpha value is -2.18. The minimum Gasteiger partial charge on any atom is -0.466 e. The fourth-order valence-corrected chi connectivity index (χ4v) is 2.16. The number of ether oxygens (including phenoxy) is 4. The van der Waals surface area contributed by atoms with Gasteiger partial charge in [0.15, 0.2) is 0 Å². The molecule has 0 radical (unpaired) electrons. The van der Waals surface area contributed by atoms with Gasteiger partial charge < -0.3 is 18.9 Å². The summed E-state index contributed by atoms with van der Waals surface area (Å²) in [6, 6.07) is 9.85. The lowest BCUT2D eigenvalue weighted by molar-refractivity contribution is -0.161. The maximum atomic E-state index is 11.6. The molecule has 0 fully saturated rings. The van der Waals surface area contributed by atoms with Crippen LogP contribution < -0.4 is 0 Å². The van der Waals surface area contributed by atoms with E-state index in [4.69, 9.17) is 14.2 Å². The van der Waals surface area contributed by atoms with E-state index >= 15 is 0 Å². The highest BCUT2D eigenvalue weighted by atomic mass is 16.6. The van der Waals surface area contributed by atoms with Gasteiger partial charge in [0.1, 0.15) is 0 Å². The van der Waals surface area contributed by atoms with Crippen LogP contribution in [-0.2, 0) is 35.1 Å². The van der Waals surface area contributed by atoms with E-state index in [-0.39, 0.29) is 12.0 Å². The van der Waals surface area contributed by atoms with Crippen molar-refractivity contribution in [3.05, 3.63) is 48.0 Å². The second-order valence-corrected chi connectivity index (χ2v) is 5.57. The van der Waals surface area contributed by atoms with Gasteiger partial charge in [0, 0.05) is 20.0 Å². The number of hydrogen-bond acceptors (Lipinski definition) is 6. The van der Waals surface area contributed by atoms with Crippen LogP contribution in [0.3, 0.4) is 0 Å². The lowest BCUT2D eigenvalue weighted by Crippen LogP contribution is -2.28. The lowest BCUT2D eigenvalue weighted by Gasteiger charge is -2.20. The summed E-state index contributed by atoms with van der Waals surface area (Å²) >= 11 is 0. The fourth-order valence-electron chi connectivity index (χ4n) is 2.16. The minimum absolute atomic E-state index is 0.0523. The Morgan fingerprint density at radius 3 is 2.36 bits per heavy atom. The number of carbonyl (C=O) groups is 2. The molecule has 1 aromatic rings. The van der Waals surface area contributed by atoms with Gasteiger partial charge in [-0.2, -0.15) is 0 Å². The van der Waals surface area contributed by atoms with Crippen molar-refractivity contribution in [1.82, 2.24) is 0 Å². The number of rotatable bonds is 10. The SMILES string of the molecule is COC(=O)[C@@H](/C=C/[C@H](C)[C@H](COCc1ccccc1)OC)OC(C)=O. The van der Waals surface area contributed by atoms with Crippen molar-refractivity contribution in [1.29, 1.82) is 0 Å². The molecule has 6 heteroatoms. The molecule has 138 valence electrons. The van der Waals surface area contributed by atoms with Gasteiger partial charge in [-0.05, 0) is 11.6 Å². The topological polar surface area (TPSA) is 71.1 Å². The molecule has 0 saturated heterocycles. The van der Waals surface area contributed by atoms with Crippen LogP contribution in [0.5, 0.6) is 0 Å². The van der Waals surface area contributed by atoms with E-state index in [0.717, 1.165) is 5.56 Å². The molecule has 0 aliphatic carbocycles. The van der Waals surface area contributed by atoms with E-state index in [0.29, 0.717) is 13.2 Å². The first kappa shape index (κ1) is 20.9. The van der Waals surface area contributed by atoms with Crippen LogP contribution in [0.2, 0.25) is 0 Å². The third-order valence-corrected chi connectivity index (χ3v) is 3.60. The predicted octanol–water partition coefficient (Wildman–Crippen LogP) is 2.52. The van der Waals surface area contributed by atoms with Gasteiger partial charge in [0.2, 0.25) is 6.10 Å². The van der Waals surface area contributed by atoms with Gasteiger partial charge in [-0.1, -0.05) is 43.3 Å². The van der Waals surface area contributed by atoms with Gasteiger partial charge >= 0.3 is 11.9 Å². The molecule has 1 rings (SSSR count). The van der Waals surface area contributed by atoms with Gasteiger partial charge in [0.05, 0.1) is 26.4 Å².